The lowest BCUT2D eigenvalue weighted by Crippen LogP contribution is -2.12. The van der Waals surface area contributed by atoms with E-state index in [1.54, 1.807) is 30.1 Å². The normalized spacial score (nSPS) is 12.4. The largest absolute Gasteiger partial charge is 0.454 e. The second kappa shape index (κ2) is 5.16. The van der Waals surface area contributed by atoms with Crippen molar-refractivity contribution in [2.75, 3.05) is 12.1 Å². The standard InChI is InChI=1S/C15H13N5O3/c1-20-5-4-14(19-20)16-15(21)11-7-10(17-18-11)9-2-3-12-13(6-9)23-8-22-12/h2-7H,8H2,1H3,(H,17,18)(H,16,19,21). The number of carbonyl (C=O) groups excluding carboxylic acids is 1. The molecule has 2 aromatic heterocycles. The van der Waals surface area contributed by atoms with Gasteiger partial charge in [0.05, 0.1) is 5.69 Å². The van der Waals surface area contributed by atoms with Crippen LogP contribution in [0.1, 0.15) is 10.5 Å². The van der Waals surface area contributed by atoms with Crippen LogP contribution in [0.5, 0.6) is 11.5 Å². The fourth-order valence-electron chi connectivity index (χ4n) is 2.31. The van der Waals surface area contributed by atoms with Gasteiger partial charge in [-0.05, 0) is 24.3 Å². The molecule has 3 aromatic rings. The molecule has 0 fully saturated rings. The number of H-pyrrole nitrogens is 1. The number of amides is 1. The summed E-state index contributed by atoms with van der Waals surface area (Å²) in [4.78, 5) is 12.2. The molecule has 3 heterocycles. The highest BCUT2D eigenvalue weighted by Crippen LogP contribution is 2.35. The summed E-state index contributed by atoms with van der Waals surface area (Å²) in [6, 6.07) is 8.91. The van der Waals surface area contributed by atoms with Gasteiger partial charge >= 0.3 is 0 Å². The summed E-state index contributed by atoms with van der Waals surface area (Å²) in [5, 5.41) is 13.7. The first-order chi connectivity index (χ1) is 11.2. The molecule has 0 unspecified atom stereocenters. The zero-order valence-electron chi connectivity index (χ0n) is 12.2. The van der Waals surface area contributed by atoms with E-state index < -0.39 is 0 Å². The molecule has 1 aliphatic heterocycles. The Balaban J connectivity index is 1.55. The maximum Gasteiger partial charge on any atom is 0.274 e. The summed E-state index contributed by atoms with van der Waals surface area (Å²) in [5.74, 6) is 1.56. The number of carbonyl (C=O) groups is 1. The van der Waals surface area contributed by atoms with E-state index in [9.17, 15) is 4.79 Å². The molecule has 0 saturated carbocycles. The topological polar surface area (TPSA) is 94.1 Å². The number of aromatic amines is 1. The Kier molecular flexibility index (Phi) is 3.00. The quantitative estimate of drug-likeness (QED) is 0.769. The molecule has 1 amide bonds. The molecule has 2 N–H and O–H groups in total. The molecule has 0 atom stereocenters. The predicted molar refractivity (Wildman–Crippen MR) is 81.3 cm³/mol. The van der Waals surface area contributed by atoms with Gasteiger partial charge in [-0.15, -0.1) is 0 Å². The lowest BCUT2D eigenvalue weighted by atomic mass is 10.1. The van der Waals surface area contributed by atoms with Crippen LogP contribution < -0.4 is 14.8 Å². The Morgan fingerprint density at radius 2 is 2.13 bits per heavy atom. The molecule has 4 rings (SSSR count). The molecule has 8 heteroatoms. The van der Waals surface area contributed by atoms with Crippen molar-refractivity contribution < 1.29 is 14.3 Å². The van der Waals surface area contributed by atoms with Gasteiger partial charge in [0.2, 0.25) is 6.79 Å². The Bertz CT molecular complexity index is 883. The first-order valence-electron chi connectivity index (χ1n) is 6.95. The van der Waals surface area contributed by atoms with Gasteiger partial charge in [-0.3, -0.25) is 14.6 Å². The lowest BCUT2D eigenvalue weighted by molar-refractivity contribution is 0.102. The number of ether oxygens (including phenoxy) is 2. The smallest absolute Gasteiger partial charge is 0.274 e. The minimum Gasteiger partial charge on any atom is -0.454 e. The maximum absolute atomic E-state index is 12.2. The van der Waals surface area contributed by atoms with E-state index in [0.717, 1.165) is 5.56 Å². The first kappa shape index (κ1) is 13.4. The van der Waals surface area contributed by atoms with Gasteiger partial charge in [-0.1, -0.05) is 0 Å². The molecule has 23 heavy (non-hydrogen) atoms. The molecule has 0 radical (unpaired) electrons. The highest BCUT2D eigenvalue weighted by Gasteiger charge is 2.16. The zero-order chi connectivity index (χ0) is 15.8. The number of anilines is 1. The van der Waals surface area contributed by atoms with E-state index in [-0.39, 0.29) is 12.7 Å². The van der Waals surface area contributed by atoms with Crippen LogP contribution >= 0.6 is 0 Å². The van der Waals surface area contributed by atoms with Crippen LogP contribution in [-0.4, -0.2) is 32.7 Å². The number of nitrogens with one attached hydrogen (secondary N) is 2. The lowest BCUT2D eigenvalue weighted by Gasteiger charge is -1.99. The average Bonchev–Trinajstić information content (AvgIpc) is 3.26. The van der Waals surface area contributed by atoms with Gasteiger partial charge in [0, 0.05) is 24.9 Å². The van der Waals surface area contributed by atoms with E-state index in [4.69, 9.17) is 9.47 Å². The van der Waals surface area contributed by atoms with Crippen LogP contribution in [0.25, 0.3) is 11.3 Å². The Hall–Kier alpha value is -3.29. The first-order valence-corrected chi connectivity index (χ1v) is 6.95. The van der Waals surface area contributed by atoms with Gasteiger partial charge in [-0.2, -0.15) is 10.2 Å². The third-order valence-corrected chi connectivity index (χ3v) is 3.45. The zero-order valence-corrected chi connectivity index (χ0v) is 12.2. The summed E-state index contributed by atoms with van der Waals surface area (Å²) < 4.78 is 12.2. The summed E-state index contributed by atoms with van der Waals surface area (Å²) in [7, 11) is 1.78. The molecule has 0 bridgehead atoms. The maximum atomic E-state index is 12.2. The van der Waals surface area contributed by atoms with Gasteiger partial charge in [0.1, 0.15) is 5.69 Å². The number of benzene rings is 1. The summed E-state index contributed by atoms with van der Waals surface area (Å²) in [5.41, 5.74) is 1.83. The van der Waals surface area contributed by atoms with Gasteiger partial charge in [0.15, 0.2) is 17.3 Å². The van der Waals surface area contributed by atoms with E-state index in [2.05, 4.69) is 20.6 Å². The van der Waals surface area contributed by atoms with Crippen LogP contribution in [0.3, 0.4) is 0 Å². The number of hydrogen-bond donors (Lipinski definition) is 2. The number of fused-ring (bicyclic) bond motifs is 1. The van der Waals surface area contributed by atoms with Crippen molar-refractivity contribution in [2.24, 2.45) is 7.05 Å². The Morgan fingerprint density at radius 3 is 2.96 bits per heavy atom. The Labute approximate surface area is 131 Å². The number of rotatable bonds is 3. The van der Waals surface area contributed by atoms with Crippen molar-refractivity contribution in [3.8, 4) is 22.8 Å². The highest BCUT2D eigenvalue weighted by molar-refractivity contribution is 6.02. The molecule has 116 valence electrons. The summed E-state index contributed by atoms with van der Waals surface area (Å²) in [6.45, 7) is 0.219. The molecule has 1 aliphatic rings. The van der Waals surface area contributed by atoms with Crippen molar-refractivity contribution in [1.29, 1.82) is 0 Å². The minimum atomic E-state index is -0.303. The highest BCUT2D eigenvalue weighted by atomic mass is 16.7. The second-order valence-electron chi connectivity index (χ2n) is 5.06. The van der Waals surface area contributed by atoms with Crippen LogP contribution in [0.15, 0.2) is 36.5 Å². The van der Waals surface area contributed by atoms with Crippen molar-refractivity contribution in [3.63, 3.8) is 0 Å². The fourth-order valence-corrected chi connectivity index (χ4v) is 2.31. The molecule has 0 saturated heterocycles. The van der Waals surface area contributed by atoms with E-state index >= 15 is 0 Å². The third kappa shape index (κ3) is 2.50. The summed E-state index contributed by atoms with van der Waals surface area (Å²) >= 11 is 0. The predicted octanol–water partition coefficient (Wildman–Crippen LogP) is 1.79. The minimum absolute atomic E-state index is 0.219. The van der Waals surface area contributed by atoms with Crippen molar-refractivity contribution in [3.05, 3.63) is 42.2 Å². The Morgan fingerprint density at radius 1 is 1.26 bits per heavy atom. The molecule has 0 spiro atoms. The number of hydrogen-bond acceptors (Lipinski definition) is 5. The molecular formula is C15H13N5O3. The van der Waals surface area contributed by atoms with Crippen molar-refractivity contribution >= 4 is 11.7 Å². The fraction of sp³-hybridized carbons (Fsp3) is 0.133. The van der Waals surface area contributed by atoms with Gasteiger partial charge in [-0.25, -0.2) is 0 Å². The SMILES string of the molecule is Cn1ccc(NC(=O)c2cc(-c3ccc4c(c3)OCO4)n[nH]2)n1. The van der Waals surface area contributed by atoms with E-state index in [1.165, 1.54) is 0 Å². The number of aryl methyl sites for hydroxylation is 1. The third-order valence-electron chi connectivity index (χ3n) is 3.45. The van der Waals surface area contributed by atoms with Gasteiger partial charge < -0.3 is 14.8 Å². The van der Waals surface area contributed by atoms with Crippen LogP contribution in [0.2, 0.25) is 0 Å². The van der Waals surface area contributed by atoms with Gasteiger partial charge in [0.25, 0.3) is 5.91 Å². The summed E-state index contributed by atoms with van der Waals surface area (Å²) in [6.07, 6.45) is 1.75. The van der Waals surface area contributed by atoms with Crippen LogP contribution in [-0.2, 0) is 7.05 Å². The van der Waals surface area contributed by atoms with Crippen LogP contribution in [0.4, 0.5) is 5.82 Å². The average molecular weight is 311 g/mol. The van der Waals surface area contributed by atoms with Crippen molar-refractivity contribution in [2.45, 2.75) is 0 Å². The molecule has 0 aliphatic carbocycles. The van der Waals surface area contributed by atoms with Crippen LogP contribution in [0, 0.1) is 0 Å². The second-order valence-corrected chi connectivity index (χ2v) is 5.06. The van der Waals surface area contributed by atoms with E-state index in [1.807, 2.05) is 18.2 Å². The molecule has 1 aromatic carbocycles. The van der Waals surface area contributed by atoms with Crippen molar-refractivity contribution in [1.82, 2.24) is 20.0 Å². The molecular weight excluding hydrogens is 298 g/mol. The number of nitrogens with zero attached hydrogens (tertiary/aromatic N) is 3. The monoisotopic (exact) mass is 311 g/mol. The number of aromatic nitrogens is 4. The van der Waals surface area contributed by atoms with E-state index in [0.29, 0.717) is 28.7 Å². The molecule has 8 nitrogen and oxygen atoms in total.